The number of nitrogens with zero attached hydrogens (tertiary/aromatic N) is 2. The Bertz CT molecular complexity index is 1420. The van der Waals surface area contributed by atoms with Crippen molar-refractivity contribution in [2.24, 2.45) is 0 Å². The van der Waals surface area contributed by atoms with E-state index in [2.05, 4.69) is 10.4 Å². The van der Waals surface area contributed by atoms with E-state index < -0.39 is 6.09 Å². The van der Waals surface area contributed by atoms with Gasteiger partial charge in [-0.05, 0) is 41.5 Å². The smallest absolute Gasteiger partial charge is 0.435 e. The predicted octanol–water partition coefficient (Wildman–Crippen LogP) is 5.56. The van der Waals surface area contributed by atoms with Crippen LogP contribution in [0.15, 0.2) is 66.7 Å². The molecule has 5 rings (SSSR count). The molecule has 8 nitrogen and oxygen atoms in total. The summed E-state index contributed by atoms with van der Waals surface area (Å²) in [5.41, 5.74) is 4.65. The van der Waals surface area contributed by atoms with Crippen LogP contribution >= 0.6 is 0 Å². The summed E-state index contributed by atoms with van der Waals surface area (Å²) in [6.45, 7) is 0.720. The Morgan fingerprint density at radius 3 is 2.54 bits per heavy atom. The highest BCUT2D eigenvalue weighted by molar-refractivity contribution is 5.88. The Morgan fingerprint density at radius 1 is 1.00 bits per heavy atom. The minimum Gasteiger partial charge on any atom is -0.493 e. The number of ether oxygens (including phenoxy) is 4. The van der Waals surface area contributed by atoms with Gasteiger partial charge in [0.25, 0.3) is 0 Å². The fraction of sp³-hybridized carbons (Fsp3) is 0.214. The fourth-order valence-electron chi connectivity index (χ4n) is 4.32. The molecule has 0 unspecified atom stereocenters. The van der Waals surface area contributed by atoms with Crippen LogP contribution in [0.25, 0.3) is 11.3 Å². The number of methoxy groups -OCH3 is 2. The van der Waals surface area contributed by atoms with Crippen LogP contribution in [0.4, 0.5) is 20.7 Å². The maximum absolute atomic E-state index is 13.8. The normalized spacial score (nSPS) is 11.5. The van der Waals surface area contributed by atoms with Crippen molar-refractivity contribution in [1.29, 1.82) is 0 Å². The molecule has 1 aliphatic carbocycles. The second kappa shape index (κ2) is 10.7. The van der Waals surface area contributed by atoms with E-state index in [9.17, 15) is 9.18 Å². The molecule has 0 radical (unpaired) electrons. The third kappa shape index (κ3) is 5.12. The van der Waals surface area contributed by atoms with Gasteiger partial charge in [0, 0.05) is 23.2 Å². The van der Waals surface area contributed by atoms with Gasteiger partial charge in [0.05, 0.1) is 33.1 Å². The number of anilines is 2. The standard InChI is InChI=1S/C28H26FN3O5/c1-34-24-14-19-13-23-26(22(19)16-25(24)35-2)32(31-27(23)30-21-10-6-9-20(29)15-21)28(33)37-12-11-36-17-18-7-4-3-5-8-18/h3-10,14-16H,11-13,17H2,1-2H3,(H,30,31). The monoisotopic (exact) mass is 503 g/mol. The summed E-state index contributed by atoms with van der Waals surface area (Å²) >= 11 is 0. The molecule has 190 valence electrons. The lowest BCUT2D eigenvalue weighted by Crippen LogP contribution is -2.19. The van der Waals surface area contributed by atoms with E-state index in [1.165, 1.54) is 16.8 Å². The molecule has 0 bridgehead atoms. The zero-order chi connectivity index (χ0) is 25.8. The van der Waals surface area contributed by atoms with Gasteiger partial charge in [0.1, 0.15) is 12.4 Å². The fourth-order valence-corrected chi connectivity index (χ4v) is 4.32. The van der Waals surface area contributed by atoms with E-state index in [0.29, 0.717) is 41.7 Å². The molecular weight excluding hydrogens is 477 g/mol. The first kappa shape index (κ1) is 24.3. The van der Waals surface area contributed by atoms with Crippen molar-refractivity contribution in [3.05, 3.63) is 89.2 Å². The van der Waals surface area contributed by atoms with Crippen molar-refractivity contribution < 1.29 is 28.1 Å². The van der Waals surface area contributed by atoms with Gasteiger partial charge in [-0.3, -0.25) is 0 Å². The lowest BCUT2D eigenvalue weighted by Gasteiger charge is -2.12. The largest absolute Gasteiger partial charge is 0.493 e. The van der Waals surface area contributed by atoms with Crippen LogP contribution in [0.3, 0.4) is 0 Å². The average Bonchev–Trinajstić information content (AvgIpc) is 3.45. The number of benzene rings is 3. The van der Waals surface area contributed by atoms with Crippen molar-refractivity contribution in [3.63, 3.8) is 0 Å². The maximum Gasteiger partial charge on any atom is 0.435 e. The molecule has 0 fully saturated rings. The number of aromatic nitrogens is 2. The van der Waals surface area contributed by atoms with E-state index in [1.54, 1.807) is 26.4 Å². The number of nitrogens with one attached hydrogen (secondary N) is 1. The Balaban J connectivity index is 1.39. The molecule has 0 aliphatic heterocycles. The molecule has 9 heteroatoms. The van der Waals surface area contributed by atoms with Crippen molar-refractivity contribution in [2.45, 2.75) is 13.0 Å². The second-order valence-corrected chi connectivity index (χ2v) is 8.42. The number of hydrogen-bond donors (Lipinski definition) is 1. The number of carbonyl (C=O) groups excluding carboxylic acids is 1. The first-order chi connectivity index (χ1) is 18.1. The van der Waals surface area contributed by atoms with Gasteiger partial charge in [-0.1, -0.05) is 36.4 Å². The molecule has 0 spiro atoms. The predicted molar refractivity (Wildman–Crippen MR) is 136 cm³/mol. The zero-order valence-electron chi connectivity index (χ0n) is 20.5. The third-order valence-electron chi connectivity index (χ3n) is 6.04. The molecule has 0 saturated heterocycles. The summed E-state index contributed by atoms with van der Waals surface area (Å²) in [6, 6.07) is 19.5. The quantitative estimate of drug-likeness (QED) is 0.264. The molecule has 4 aromatic rings. The summed E-state index contributed by atoms with van der Waals surface area (Å²) in [7, 11) is 3.13. The number of carbonyl (C=O) groups is 1. The zero-order valence-corrected chi connectivity index (χ0v) is 20.5. The van der Waals surface area contributed by atoms with Crippen LogP contribution in [0.1, 0.15) is 16.7 Å². The molecule has 0 saturated carbocycles. The highest BCUT2D eigenvalue weighted by atomic mass is 19.1. The van der Waals surface area contributed by atoms with Gasteiger partial charge in [-0.25, -0.2) is 9.18 Å². The summed E-state index contributed by atoms with van der Waals surface area (Å²) < 4.78 is 37.1. The van der Waals surface area contributed by atoms with Gasteiger partial charge in [-0.2, -0.15) is 4.68 Å². The van der Waals surface area contributed by atoms with Gasteiger partial charge >= 0.3 is 6.09 Å². The Hall–Kier alpha value is -4.37. The van der Waals surface area contributed by atoms with Crippen molar-refractivity contribution >= 4 is 17.6 Å². The molecule has 1 aromatic heterocycles. The molecule has 1 aliphatic rings. The highest BCUT2D eigenvalue weighted by Crippen LogP contribution is 2.45. The highest BCUT2D eigenvalue weighted by Gasteiger charge is 2.32. The van der Waals surface area contributed by atoms with Crippen LogP contribution < -0.4 is 14.8 Å². The number of fused-ring (bicyclic) bond motifs is 3. The second-order valence-electron chi connectivity index (χ2n) is 8.42. The van der Waals surface area contributed by atoms with Gasteiger partial charge in [0.15, 0.2) is 17.3 Å². The summed E-state index contributed by atoms with van der Waals surface area (Å²) in [4.78, 5) is 13.1. The first-order valence-electron chi connectivity index (χ1n) is 11.8. The lowest BCUT2D eigenvalue weighted by atomic mass is 10.1. The minimum absolute atomic E-state index is 0.0613. The van der Waals surface area contributed by atoms with Crippen molar-refractivity contribution in [1.82, 2.24) is 9.78 Å². The van der Waals surface area contributed by atoms with Gasteiger partial charge in [0.2, 0.25) is 0 Å². The van der Waals surface area contributed by atoms with Crippen LogP contribution in [0, 0.1) is 5.82 Å². The molecule has 37 heavy (non-hydrogen) atoms. The van der Waals surface area contributed by atoms with Crippen molar-refractivity contribution in [3.8, 4) is 22.8 Å². The number of halogens is 1. The van der Waals surface area contributed by atoms with Gasteiger partial charge < -0.3 is 24.3 Å². The topological polar surface area (TPSA) is 83.8 Å². The molecule has 1 heterocycles. The minimum atomic E-state index is -0.644. The lowest BCUT2D eigenvalue weighted by molar-refractivity contribution is 0.0644. The van der Waals surface area contributed by atoms with E-state index in [1.807, 2.05) is 42.5 Å². The molecular formula is C28H26FN3O5. The third-order valence-corrected chi connectivity index (χ3v) is 6.04. The van der Waals surface area contributed by atoms with E-state index in [-0.39, 0.29) is 19.0 Å². The van der Waals surface area contributed by atoms with Crippen LogP contribution in [0.2, 0.25) is 0 Å². The van der Waals surface area contributed by atoms with Crippen LogP contribution in [-0.4, -0.2) is 43.3 Å². The Kier molecular flexibility index (Phi) is 7.04. The van der Waals surface area contributed by atoms with E-state index in [0.717, 1.165) is 22.3 Å². The SMILES string of the molecule is COc1cc2c(cc1OC)-c1c(c(Nc3cccc(F)c3)nn1C(=O)OCCOCc1ccccc1)C2. The summed E-state index contributed by atoms with van der Waals surface area (Å²) in [6.07, 6.45) is -0.148. The molecule has 3 aromatic carbocycles. The maximum atomic E-state index is 13.8. The Morgan fingerprint density at radius 2 is 1.78 bits per heavy atom. The van der Waals surface area contributed by atoms with E-state index in [4.69, 9.17) is 18.9 Å². The summed E-state index contributed by atoms with van der Waals surface area (Å²) in [5, 5.41) is 7.64. The number of hydrogen-bond acceptors (Lipinski definition) is 7. The van der Waals surface area contributed by atoms with E-state index >= 15 is 0 Å². The molecule has 1 N–H and O–H groups in total. The summed E-state index contributed by atoms with van der Waals surface area (Å²) in [5.74, 6) is 1.17. The van der Waals surface area contributed by atoms with Crippen molar-refractivity contribution in [2.75, 3.05) is 32.8 Å². The molecule has 0 amide bonds. The average molecular weight is 504 g/mol. The van der Waals surface area contributed by atoms with Crippen LogP contribution in [-0.2, 0) is 22.5 Å². The van der Waals surface area contributed by atoms with Gasteiger partial charge in [-0.15, -0.1) is 5.10 Å². The first-order valence-corrected chi connectivity index (χ1v) is 11.8. The Labute approximate surface area is 213 Å². The van der Waals surface area contributed by atoms with Crippen LogP contribution in [0.5, 0.6) is 11.5 Å². The molecule has 0 atom stereocenters. The number of rotatable bonds is 9.